The van der Waals surface area contributed by atoms with E-state index < -0.39 is 0 Å². The van der Waals surface area contributed by atoms with Gasteiger partial charge in [-0.3, -0.25) is 4.79 Å². The quantitative estimate of drug-likeness (QED) is 0.852. The molecule has 0 N–H and O–H groups in total. The molecule has 3 nitrogen and oxygen atoms in total. The number of anilines is 1. The minimum absolute atomic E-state index is 0.0466. The normalized spacial score (nSPS) is 16.8. The number of carbonyl (C=O) groups is 1. The molecule has 0 bridgehead atoms. The van der Waals surface area contributed by atoms with E-state index in [-0.39, 0.29) is 11.2 Å². The molecular weight excluding hydrogens is 300 g/mol. The van der Waals surface area contributed by atoms with E-state index in [1.54, 1.807) is 22.7 Å². The van der Waals surface area contributed by atoms with Gasteiger partial charge in [-0.05, 0) is 29.7 Å². The summed E-state index contributed by atoms with van der Waals surface area (Å²) in [5.74, 6) is 0.261. The summed E-state index contributed by atoms with van der Waals surface area (Å²) in [6.07, 6.45) is 2.57. The van der Waals surface area contributed by atoms with Crippen molar-refractivity contribution >= 4 is 33.6 Å². The summed E-state index contributed by atoms with van der Waals surface area (Å²) >= 11 is 3.35. The number of carbonyl (C=O) groups excluding carboxylic acids is 1. The molecule has 21 heavy (non-hydrogen) atoms. The van der Waals surface area contributed by atoms with Crippen molar-refractivity contribution in [3.63, 3.8) is 0 Å². The molecule has 5 heteroatoms. The largest absolute Gasteiger partial charge is 0.351 e. The predicted octanol–water partition coefficient (Wildman–Crippen LogP) is 4.04. The Kier molecular flexibility index (Phi) is 3.88. The summed E-state index contributed by atoms with van der Waals surface area (Å²) in [5.41, 5.74) is 1.05. The van der Waals surface area contributed by atoms with Gasteiger partial charge in [0.05, 0.1) is 10.6 Å². The molecule has 0 saturated carbocycles. The van der Waals surface area contributed by atoms with Crippen molar-refractivity contribution < 1.29 is 4.79 Å². The lowest BCUT2D eigenvalue weighted by Crippen LogP contribution is -2.26. The van der Waals surface area contributed by atoms with Gasteiger partial charge < -0.3 is 4.90 Å². The fraction of sp³-hybridized carbons (Fsp3) is 0.500. The van der Waals surface area contributed by atoms with Crippen LogP contribution >= 0.6 is 22.7 Å². The molecule has 0 atom stereocenters. The van der Waals surface area contributed by atoms with Crippen LogP contribution in [0.25, 0.3) is 0 Å². The van der Waals surface area contributed by atoms with Gasteiger partial charge in [0.1, 0.15) is 0 Å². The lowest BCUT2D eigenvalue weighted by atomic mass is 9.78. The Balaban J connectivity index is 1.73. The Bertz CT molecular complexity index is 643. The molecular formula is C16H20N2OS2. The van der Waals surface area contributed by atoms with Gasteiger partial charge in [0.25, 0.3) is 0 Å². The van der Waals surface area contributed by atoms with Gasteiger partial charge in [0, 0.05) is 24.9 Å². The molecule has 0 aliphatic heterocycles. The number of thiazole rings is 1. The van der Waals surface area contributed by atoms with Crippen molar-refractivity contribution in [2.75, 3.05) is 18.5 Å². The third-order valence-corrected chi connectivity index (χ3v) is 6.01. The zero-order valence-electron chi connectivity index (χ0n) is 12.7. The molecule has 0 aromatic carbocycles. The van der Waals surface area contributed by atoms with Crippen LogP contribution in [0, 0.1) is 5.41 Å². The van der Waals surface area contributed by atoms with Gasteiger partial charge in [-0.1, -0.05) is 31.3 Å². The second-order valence-corrected chi connectivity index (χ2v) is 8.47. The average molecular weight is 320 g/mol. The summed E-state index contributed by atoms with van der Waals surface area (Å²) in [4.78, 5) is 21.4. The zero-order valence-corrected chi connectivity index (χ0v) is 14.3. The molecule has 0 amide bonds. The van der Waals surface area contributed by atoms with Crippen molar-refractivity contribution in [2.24, 2.45) is 5.41 Å². The van der Waals surface area contributed by atoms with Crippen LogP contribution in [0.2, 0.25) is 0 Å². The van der Waals surface area contributed by atoms with Crippen molar-refractivity contribution in [3.8, 4) is 0 Å². The minimum Gasteiger partial charge on any atom is -0.351 e. The second-order valence-electron chi connectivity index (χ2n) is 6.46. The molecule has 0 saturated heterocycles. The first-order valence-corrected chi connectivity index (χ1v) is 8.91. The van der Waals surface area contributed by atoms with E-state index in [1.807, 2.05) is 0 Å². The fourth-order valence-electron chi connectivity index (χ4n) is 2.70. The number of hydrogen-bond acceptors (Lipinski definition) is 5. The van der Waals surface area contributed by atoms with Crippen LogP contribution in [0.5, 0.6) is 0 Å². The summed E-state index contributed by atoms with van der Waals surface area (Å²) in [5, 5.41) is 3.08. The molecule has 2 heterocycles. The molecule has 1 aliphatic carbocycles. The number of hydrogen-bond donors (Lipinski definition) is 0. The first kappa shape index (κ1) is 14.7. The third-order valence-electron chi connectivity index (χ3n) is 3.82. The third kappa shape index (κ3) is 3.19. The number of Topliss-reactive ketones (excluding diaryl/α,β-unsaturated/α-hetero) is 1. The highest BCUT2D eigenvalue weighted by Crippen LogP contribution is 2.39. The monoisotopic (exact) mass is 320 g/mol. The highest BCUT2D eigenvalue weighted by molar-refractivity contribution is 7.17. The summed E-state index contributed by atoms with van der Waals surface area (Å²) < 4.78 is 0. The van der Waals surface area contributed by atoms with Crippen molar-refractivity contribution in [1.82, 2.24) is 4.98 Å². The Morgan fingerprint density at radius 1 is 1.38 bits per heavy atom. The molecule has 112 valence electrons. The second kappa shape index (κ2) is 5.54. The highest BCUT2D eigenvalue weighted by Gasteiger charge is 2.34. The van der Waals surface area contributed by atoms with E-state index in [0.717, 1.165) is 35.1 Å². The number of thiophene rings is 1. The van der Waals surface area contributed by atoms with E-state index in [1.165, 1.54) is 4.88 Å². The molecule has 0 radical (unpaired) electrons. The molecule has 3 rings (SSSR count). The van der Waals surface area contributed by atoms with Gasteiger partial charge in [-0.15, -0.1) is 11.3 Å². The van der Waals surface area contributed by atoms with E-state index >= 15 is 0 Å². The van der Waals surface area contributed by atoms with Gasteiger partial charge in [0.2, 0.25) is 0 Å². The SMILES string of the molecule is CN(CCc1cccs1)c1nc2c(s1)C(=O)CC(C)(C)C2. The maximum Gasteiger partial charge on any atom is 0.185 e. The fourth-order valence-corrected chi connectivity index (χ4v) is 4.40. The minimum atomic E-state index is 0.0466. The number of fused-ring (bicyclic) bond motifs is 1. The molecule has 0 fully saturated rings. The van der Waals surface area contributed by atoms with Gasteiger partial charge >= 0.3 is 0 Å². The lowest BCUT2D eigenvalue weighted by molar-refractivity contribution is 0.0916. The Morgan fingerprint density at radius 3 is 2.90 bits per heavy atom. The van der Waals surface area contributed by atoms with Crippen molar-refractivity contribution in [2.45, 2.75) is 33.1 Å². The number of likely N-dealkylation sites (N-methyl/N-ethyl adjacent to an activating group) is 1. The van der Waals surface area contributed by atoms with Gasteiger partial charge in [-0.2, -0.15) is 0 Å². The van der Waals surface area contributed by atoms with E-state index in [2.05, 4.69) is 43.3 Å². The van der Waals surface area contributed by atoms with Crippen LogP contribution in [0.4, 0.5) is 5.13 Å². The van der Waals surface area contributed by atoms with E-state index in [9.17, 15) is 4.79 Å². The Hall–Kier alpha value is -1.20. The summed E-state index contributed by atoms with van der Waals surface area (Å²) in [6, 6.07) is 4.25. The molecule has 2 aromatic rings. The van der Waals surface area contributed by atoms with E-state index in [4.69, 9.17) is 4.98 Å². The standard InChI is InChI=1S/C16H20N2OS2/c1-16(2)9-12-14(13(19)10-16)21-15(17-12)18(3)7-6-11-5-4-8-20-11/h4-5,8H,6-7,9-10H2,1-3H3. The number of nitrogens with zero attached hydrogens (tertiary/aromatic N) is 2. The molecule has 0 spiro atoms. The first-order chi connectivity index (χ1) is 9.94. The lowest BCUT2D eigenvalue weighted by Gasteiger charge is -2.26. The predicted molar refractivity (Wildman–Crippen MR) is 89.8 cm³/mol. The van der Waals surface area contributed by atoms with Crippen molar-refractivity contribution in [3.05, 3.63) is 33.0 Å². The molecule has 1 aliphatic rings. The van der Waals surface area contributed by atoms with Crippen LogP contribution < -0.4 is 4.90 Å². The zero-order chi connectivity index (χ0) is 15.0. The number of aromatic nitrogens is 1. The van der Waals surface area contributed by atoms with Crippen LogP contribution in [0.15, 0.2) is 17.5 Å². The van der Waals surface area contributed by atoms with Gasteiger partial charge in [-0.25, -0.2) is 4.98 Å². The Morgan fingerprint density at radius 2 is 2.19 bits per heavy atom. The van der Waals surface area contributed by atoms with Crippen LogP contribution in [0.1, 0.15) is 40.5 Å². The summed E-state index contributed by atoms with van der Waals surface area (Å²) in [7, 11) is 2.06. The topological polar surface area (TPSA) is 33.2 Å². The molecule has 0 unspecified atom stereocenters. The average Bonchev–Trinajstić information content (AvgIpc) is 3.03. The number of ketones is 1. The van der Waals surface area contributed by atoms with E-state index in [0.29, 0.717) is 6.42 Å². The van der Waals surface area contributed by atoms with Crippen molar-refractivity contribution in [1.29, 1.82) is 0 Å². The highest BCUT2D eigenvalue weighted by atomic mass is 32.1. The smallest absolute Gasteiger partial charge is 0.185 e. The molecule has 2 aromatic heterocycles. The van der Waals surface area contributed by atoms with Gasteiger partial charge in [0.15, 0.2) is 10.9 Å². The number of rotatable bonds is 4. The first-order valence-electron chi connectivity index (χ1n) is 7.21. The maximum absolute atomic E-state index is 12.2. The van der Waals surface area contributed by atoms with Crippen LogP contribution in [-0.4, -0.2) is 24.4 Å². The maximum atomic E-state index is 12.2. The van der Waals surface area contributed by atoms with Crippen LogP contribution in [-0.2, 0) is 12.8 Å². The Labute approximate surface area is 133 Å². The summed E-state index contributed by atoms with van der Waals surface area (Å²) in [6.45, 7) is 5.23. The van der Waals surface area contributed by atoms with Crippen LogP contribution in [0.3, 0.4) is 0 Å².